The fourth-order valence-electron chi connectivity index (χ4n) is 4.33. The maximum Gasteiger partial charge on any atom is 0.242 e. The maximum absolute atomic E-state index is 13.6. The Balaban J connectivity index is 1.85. The Morgan fingerprint density at radius 1 is 0.949 bits per heavy atom. The van der Waals surface area contributed by atoms with Gasteiger partial charge in [-0.2, -0.15) is 0 Å². The first-order valence-corrected chi connectivity index (χ1v) is 14.4. The van der Waals surface area contributed by atoms with E-state index in [0.717, 1.165) is 11.8 Å². The second kappa shape index (κ2) is 13.7. The van der Waals surface area contributed by atoms with Crippen LogP contribution in [0.1, 0.15) is 24.0 Å². The number of benzene rings is 3. The molecule has 0 unspecified atom stereocenters. The fourth-order valence-corrected chi connectivity index (χ4v) is 5.29. The van der Waals surface area contributed by atoms with Crippen molar-refractivity contribution in [3.8, 4) is 5.75 Å². The van der Waals surface area contributed by atoms with Gasteiger partial charge in [-0.05, 0) is 41.8 Å². The normalized spacial score (nSPS) is 11.9. The summed E-state index contributed by atoms with van der Waals surface area (Å²) in [6.45, 7) is 0.130. The lowest BCUT2D eigenvalue weighted by Gasteiger charge is -2.31. The van der Waals surface area contributed by atoms with Crippen LogP contribution in [0.5, 0.6) is 5.75 Å². The van der Waals surface area contributed by atoms with Crippen LogP contribution in [0.15, 0.2) is 78.9 Å². The lowest BCUT2D eigenvalue weighted by atomic mass is 10.0. The molecular formula is C29H34FN3O5S. The average Bonchev–Trinajstić information content (AvgIpc) is 2.93. The van der Waals surface area contributed by atoms with Gasteiger partial charge in [0.25, 0.3) is 0 Å². The van der Waals surface area contributed by atoms with Crippen LogP contribution in [0.25, 0.3) is 0 Å². The van der Waals surface area contributed by atoms with E-state index in [1.54, 1.807) is 36.4 Å². The van der Waals surface area contributed by atoms with Crippen LogP contribution < -0.4 is 14.4 Å². The number of hydrogen-bond donors (Lipinski definition) is 1. The number of anilines is 1. The van der Waals surface area contributed by atoms with Crippen molar-refractivity contribution in [3.05, 3.63) is 95.8 Å². The first kappa shape index (κ1) is 29.6. The quantitative estimate of drug-likeness (QED) is 0.347. The molecule has 10 heteroatoms. The van der Waals surface area contributed by atoms with E-state index in [0.29, 0.717) is 17.0 Å². The van der Waals surface area contributed by atoms with Gasteiger partial charge >= 0.3 is 0 Å². The lowest BCUT2D eigenvalue weighted by molar-refractivity contribution is -0.141. The number of nitrogens with one attached hydrogen (secondary N) is 1. The highest BCUT2D eigenvalue weighted by molar-refractivity contribution is 7.92. The highest BCUT2D eigenvalue weighted by Crippen LogP contribution is 2.30. The van der Waals surface area contributed by atoms with Crippen LogP contribution in [-0.4, -0.2) is 58.1 Å². The number of hydrogen-bond acceptors (Lipinski definition) is 5. The molecule has 0 radical (unpaired) electrons. The number of sulfonamides is 1. The minimum absolute atomic E-state index is 0.00928. The second-order valence-corrected chi connectivity index (χ2v) is 11.0. The van der Waals surface area contributed by atoms with Crippen molar-refractivity contribution in [3.63, 3.8) is 0 Å². The molecule has 208 valence electrons. The molecular weight excluding hydrogens is 521 g/mol. The third-order valence-electron chi connectivity index (χ3n) is 6.29. The molecule has 0 heterocycles. The van der Waals surface area contributed by atoms with Gasteiger partial charge in [0.2, 0.25) is 21.8 Å². The SMILES string of the molecule is CNC(=O)[C@H](Cc1ccccc1)N(Cc1ccc(F)cc1)C(=O)CCCN(c1ccccc1OC)S(C)(=O)=O. The van der Waals surface area contributed by atoms with E-state index in [1.807, 2.05) is 30.3 Å². The Morgan fingerprint density at radius 2 is 1.59 bits per heavy atom. The van der Waals surface area contributed by atoms with E-state index >= 15 is 0 Å². The van der Waals surface area contributed by atoms with Crippen LogP contribution in [0.3, 0.4) is 0 Å². The molecule has 1 N–H and O–H groups in total. The predicted octanol–water partition coefficient (Wildman–Crippen LogP) is 3.77. The zero-order chi connectivity index (χ0) is 28.4. The van der Waals surface area contributed by atoms with Gasteiger partial charge in [-0.1, -0.05) is 54.6 Å². The maximum atomic E-state index is 13.6. The third-order valence-corrected chi connectivity index (χ3v) is 7.47. The van der Waals surface area contributed by atoms with Crippen LogP contribution in [0.4, 0.5) is 10.1 Å². The molecule has 8 nitrogen and oxygen atoms in total. The largest absolute Gasteiger partial charge is 0.495 e. The van der Waals surface area contributed by atoms with Crippen molar-refractivity contribution in [2.24, 2.45) is 0 Å². The summed E-state index contributed by atoms with van der Waals surface area (Å²) in [4.78, 5) is 28.1. The topological polar surface area (TPSA) is 96.0 Å². The Morgan fingerprint density at radius 3 is 2.21 bits per heavy atom. The van der Waals surface area contributed by atoms with Crippen molar-refractivity contribution >= 4 is 27.5 Å². The van der Waals surface area contributed by atoms with Gasteiger partial charge in [0, 0.05) is 33.0 Å². The summed E-state index contributed by atoms with van der Waals surface area (Å²) in [6, 6.07) is 21.1. The van der Waals surface area contributed by atoms with Gasteiger partial charge in [0.05, 0.1) is 19.1 Å². The van der Waals surface area contributed by atoms with Crippen molar-refractivity contribution in [1.82, 2.24) is 10.2 Å². The van der Waals surface area contributed by atoms with Crippen molar-refractivity contribution in [2.75, 3.05) is 31.3 Å². The number of ether oxygens (including phenoxy) is 1. The van der Waals surface area contributed by atoms with Gasteiger partial charge in [-0.25, -0.2) is 12.8 Å². The zero-order valence-corrected chi connectivity index (χ0v) is 23.2. The van der Waals surface area contributed by atoms with E-state index in [-0.39, 0.29) is 44.2 Å². The van der Waals surface area contributed by atoms with Gasteiger partial charge in [0.15, 0.2) is 0 Å². The minimum Gasteiger partial charge on any atom is -0.495 e. The molecule has 0 aliphatic rings. The number of carbonyl (C=O) groups excluding carboxylic acids is 2. The first-order valence-electron chi connectivity index (χ1n) is 12.5. The van der Waals surface area contributed by atoms with Gasteiger partial charge in [0.1, 0.15) is 17.6 Å². The summed E-state index contributed by atoms with van der Waals surface area (Å²) in [5.74, 6) is -0.658. The van der Waals surface area contributed by atoms with Crippen LogP contribution >= 0.6 is 0 Å². The first-order chi connectivity index (χ1) is 18.6. The molecule has 39 heavy (non-hydrogen) atoms. The smallest absolute Gasteiger partial charge is 0.242 e. The fraction of sp³-hybridized carbons (Fsp3) is 0.310. The number of para-hydroxylation sites is 2. The van der Waals surface area contributed by atoms with Crippen LogP contribution in [-0.2, 0) is 32.6 Å². The summed E-state index contributed by atoms with van der Waals surface area (Å²) in [5, 5.41) is 2.65. The van der Waals surface area contributed by atoms with Gasteiger partial charge in [-0.3, -0.25) is 13.9 Å². The number of halogens is 1. The summed E-state index contributed by atoms with van der Waals surface area (Å²) in [7, 11) is -0.695. The molecule has 0 aromatic heterocycles. The molecule has 0 saturated carbocycles. The summed E-state index contributed by atoms with van der Waals surface area (Å²) < 4.78 is 45.3. The zero-order valence-electron chi connectivity index (χ0n) is 22.3. The summed E-state index contributed by atoms with van der Waals surface area (Å²) >= 11 is 0. The summed E-state index contributed by atoms with van der Waals surface area (Å²) in [6.07, 6.45) is 1.58. The highest BCUT2D eigenvalue weighted by Gasteiger charge is 2.30. The second-order valence-electron chi connectivity index (χ2n) is 9.08. The molecule has 2 amide bonds. The highest BCUT2D eigenvalue weighted by atomic mass is 32.2. The van der Waals surface area contributed by atoms with Crippen molar-refractivity contribution < 1.29 is 27.1 Å². The molecule has 0 bridgehead atoms. The van der Waals surface area contributed by atoms with Gasteiger partial charge in [-0.15, -0.1) is 0 Å². The van der Waals surface area contributed by atoms with E-state index in [4.69, 9.17) is 4.74 Å². The van der Waals surface area contributed by atoms with E-state index < -0.39 is 21.9 Å². The van der Waals surface area contributed by atoms with Crippen molar-refractivity contribution in [1.29, 1.82) is 0 Å². The number of nitrogens with zero attached hydrogens (tertiary/aromatic N) is 2. The standard InChI is InChI=1S/C29H34FN3O5S/c1-31-29(35)26(20-22-10-5-4-6-11-22)32(21-23-15-17-24(30)18-16-23)28(34)14-9-19-33(39(3,36)37)25-12-7-8-13-27(25)38-2/h4-8,10-13,15-18,26H,9,14,19-21H2,1-3H3,(H,31,35)/t26-/m0/s1. The Kier molecular flexibility index (Phi) is 10.4. The van der Waals surface area contributed by atoms with Gasteiger partial charge < -0.3 is 15.0 Å². The Bertz CT molecular complexity index is 1350. The molecule has 0 saturated heterocycles. The summed E-state index contributed by atoms with van der Waals surface area (Å²) in [5.41, 5.74) is 1.92. The molecule has 0 spiro atoms. The minimum atomic E-state index is -3.67. The third kappa shape index (κ3) is 8.28. The molecule has 0 fully saturated rings. The lowest BCUT2D eigenvalue weighted by Crippen LogP contribution is -2.49. The van der Waals surface area contributed by atoms with E-state index in [9.17, 15) is 22.4 Å². The molecule has 0 aliphatic heterocycles. The molecule has 1 atom stereocenters. The molecule has 3 rings (SSSR count). The Labute approximate surface area is 229 Å². The Hall–Kier alpha value is -3.92. The monoisotopic (exact) mass is 555 g/mol. The van der Waals surface area contributed by atoms with E-state index in [1.165, 1.54) is 35.5 Å². The predicted molar refractivity (Wildman–Crippen MR) is 149 cm³/mol. The molecule has 0 aliphatic carbocycles. The number of carbonyl (C=O) groups is 2. The van der Waals surface area contributed by atoms with Crippen molar-refractivity contribution in [2.45, 2.75) is 31.8 Å². The average molecular weight is 556 g/mol. The van der Waals surface area contributed by atoms with Crippen LogP contribution in [0.2, 0.25) is 0 Å². The molecule has 3 aromatic carbocycles. The number of likely N-dealkylation sites (N-methyl/N-ethyl adjacent to an activating group) is 1. The van der Waals surface area contributed by atoms with Crippen LogP contribution in [0, 0.1) is 5.82 Å². The number of rotatable bonds is 13. The number of methoxy groups -OCH3 is 1. The van der Waals surface area contributed by atoms with E-state index in [2.05, 4.69) is 5.32 Å². The number of amides is 2. The molecule has 3 aromatic rings.